The summed E-state index contributed by atoms with van der Waals surface area (Å²) in [6, 6.07) is 13.9. The minimum Gasteiger partial charge on any atom is -0.467 e. The molecule has 0 saturated carbocycles. The zero-order chi connectivity index (χ0) is 22.7. The van der Waals surface area contributed by atoms with Crippen molar-refractivity contribution >= 4 is 54.2 Å². The zero-order valence-electron chi connectivity index (χ0n) is 17.0. The number of hydrogen-bond acceptors (Lipinski definition) is 7. The molecule has 6 nitrogen and oxygen atoms in total. The van der Waals surface area contributed by atoms with Crippen LogP contribution in [-0.4, -0.2) is 31.3 Å². The fourth-order valence-corrected chi connectivity index (χ4v) is 5.84. The Balaban J connectivity index is 1.58. The average molecular weight is 491 g/mol. The molecule has 0 aliphatic heterocycles. The molecule has 2 heterocycles. The number of thioether (sulfide) groups is 1. The van der Waals surface area contributed by atoms with Crippen molar-refractivity contribution in [3.8, 4) is 0 Å². The van der Waals surface area contributed by atoms with Gasteiger partial charge in [0.1, 0.15) is 11.6 Å². The number of carbonyl (C=O) groups excluding carboxylic acids is 1. The van der Waals surface area contributed by atoms with Gasteiger partial charge in [0.25, 0.3) is 0 Å². The molecule has 4 rings (SSSR count). The van der Waals surface area contributed by atoms with E-state index < -0.39 is 27.3 Å². The number of furan rings is 1. The molecule has 0 aliphatic carbocycles. The summed E-state index contributed by atoms with van der Waals surface area (Å²) in [6.45, 7) is 0.137. The normalized spacial score (nSPS) is 11.7. The van der Waals surface area contributed by atoms with Gasteiger partial charge in [-0.25, -0.2) is 17.8 Å². The number of amides is 1. The molecule has 0 aliphatic rings. The van der Waals surface area contributed by atoms with Gasteiger partial charge < -0.3 is 4.42 Å². The van der Waals surface area contributed by atoms with Crippen LogP contribution in [0.15, 0.2) is 75.1 Å². The topological polar surface area (TPSA) is 80.5 Å². The first kappa shape index (κ1) is 22.5. The predicted octanol–water partition coefficient (Wildman–Crippen LogP) is 5.15. The summed E-state index contributed by atoms with van der Waals surface area (Å²) in [7, 11) is -3.74. The van der Waals surface area contributed by atoms with Crippen LogP contribution in [0.4, 0.5) is 9.52 Å². The summed E-state index contributed by atoms with van der Waals surface area (Å²) in [5, 5.41) is 0.471. The summed E-state index contributed by atoms with van der Waals surface area (Å²) >= 11 is 2.98. The van der Waals surface area contributed by atoms with Crippen LogP contribution in [0, 0.1) is 5.82 Å². The molecule has 0 N–H and O–H groups in total. The molecule has 0 bridgehead atoms. The Morgan fingerprint density at radius 3 is 2.66 bits per heavy atom. The van der Waals surface area contributed by atoms with Gasteiger partial charge in [-0.2, -0.15) is 0 Å². The maximum Gasteiger partial charge on any atom is 0.230 e. The van der Waals surface area contributed by atoms with E-state index in [2.05, 4.69) is 4.98 Å². The molecule has 10 heteroatoms. The van der Waals surface area contributed by atoms with Crippen molar-refractivity contribution in [1.29, 1.82) is 0 Å². The number of anilines is 1. The molecule has 0 saturated heterocycles. The van der Waals surface area contributed by atoms with Crippen molar-refractivity contribution in [3.05, 3.63) is 72.4 Å². The Bertz CT molecular complexity index is 1330. The van der Waals surface area contributed by atoms with Crippen molar-refractivity contribution in [2.75, 3.05) is 16.9 Å². The van der Waals surface area contributed by atoms with E-state index in [4.69, 9.17) is 4.42 Å². The van der Waals surface area contributed by atoms with Crippen molar-refractivity contribution < 1.29 is 22.0 Å². The quantitative estimate of drug-likeness (QED) is 0.251. The fourth-order valence-electron chi connectivity index (χ4n) is 3.07. The third-order valence-corrected chi connectivity index (χ3v) is 8.27. The SMILES string of the molecule is CSc1ccc2nc(N(Cc3ccco3)C(=O)CCS(=O)(=O)c3ccc(F)cc3)sc2c1. The zero-order valence-corrected chi connectivity index (χ0v) is 19.5. The van der Waals surface area contributed by atoms with Crippen LogP contribution in [0.3, 0.4) is 0 Å². The van der Waals surface area contributed by atoms with Crippen LogP contribution < -0.4 is 4.90 Å². The van der Waals surface area contributed by atoms with E-state index in [1.807, 2.05) is 24.5 Å². The van der Waals surface area contributed by atoms with Gasteiger partial charge in [-0.15, -0.1) is 11.8 Å². The van der Waals surface area contributed by atoms with Crippen molar-refractivity contribution in [2.24, 2.45) is 0 Å². The van der Waals surface area contributed by atoms with Crippen molar-refractivity contribution in [3.63, 3.8) is 0 Å². The van der Waals surface area contributed by atoms with Crippen LogP contribution >= 0.6 is 23.1 Å². The van der Waals surface area contributed by atoms with Crippen LogP contribution in [-0.2, 0) is 21.2 Å². The summed E-state index contributed by atoms with van der Waals surface area (Å²) < 4.78 is 44.7. The number of fused-ring (bicyclic) bond motifs is 1. The molecule has 4 aromatic rings. The monoisotopic (exact) mass is 490 g/mol. The largest absolute Gasteiger partial charge is 0.467 e. The Morgan fingerprint density at radius 2 is 1.97 bits per heavy atom. The van der Waals surface area contributed by atoms with Crippen LogP contribution in [0.2, 0.25) is 0 Å². The van der Waals surface area contributed by atoms with Gasteiger partial charge in [0.15, 0.2) is 15.0 Å². The van der Waals surface area contributed by atoms with E-state index in [1.54, 1.807) is 23.9 Å². The van der Waals surface area contributed by atoms with E-state index in [1.165, 1.54) is 34.6 Å². The number of nitrogens with zero attached hydrogens (tertiary/aromatic N) is 2. The summed E-state index contributed by atoms with van der Waals surface area (Å²) in [5.74, 6) is -0.752. The van der Waals surface area contributed by atoms with E-state index in [0.717, 1.165) is 27.2 Å². The van der Waals surface area contributed by atoms with Crippen LogP contribution in [0.1, 0.15) is 12.2 Å². The van der Waals surface area contributed by atoms with Gasteiger partial charge in [-0.05, 0) is 60.9 Å². The molecule has 0 fully saturated rings. The summed E-state index contributed by atoms with van der Waals surface area (Å²) in [4.78, 5) is 20.2. The number of halogens is 1. The van der Waals surface area contributed by atoms with Gasteiger partial charge in [-0.3, -0.25) is 9.69 Å². The molecular formula is C22H19FN2O4S3. The molecule has 0 spiro atoms. The van der Waals surface area contributed by atoms with Gasteiger partial charge in [-0.1, -0.05) is 11.3 Å². The molecule has 1 amide bonds. The van der Waals surface area contributed by atoms with Gasteiger partial charge in [0, 0.05) is 11.3 Å². The summed E-state index contributed by atoms with van der Waals surface area (Å²) in [6.07, 6.45) is 3.25. The van der Waals surface area contributed by atoms with E-state index >= 15 is 0 Å². The molecule has 0 unspecified atom stereocenters. The smallest absolute Gasteiger partial charge is 0.230 e. The number of hydrogen-bond donors (Lipinski definition) is 0. The van der Waals surface area contributed by atoms with Gasteiger partial charge in [0.05, 0.1) is 33.7 Å². The summed E-state index contributed by atoms with van der Waals surface area (Å²) in [5.41, 5.74) is 0.763. The van der Waals surface area contributed by atoms with Crippen molar-refractivity contribution in [1.82, 2.24) is 4.98 Å². The third-order valence-electron chi connectivity index (χ3n) is 4.77. The first-order chi connectivity index (χ1) is 15.4. The maximum absolute atomic E-state index is 13.1. The van der Waals surface area contributed by atoms with Gasteiger partial charge in [0.2, 0.25) is 5.91 Å². The number of rotatable bonds is 8. The Morgan fingerprint density at radius 1 is 1.19 bits per heavy atom. The maximum atomic E-state index is 13.1. The van der Waals surface area contributed by atoms with Gasteiger partial charge >= 0.3 is 0 Å². The molecule has 0 atom stereocenters. The van der Waals surface area contributed by atoms with Crippen LogP contribution in [0.25, 0.3) is 10.2 Å². The molecule has 32 heavy (non-hydrogen) atoms. The second-order valence-electron chi connectivity index (χ2n) is 6.91. The molecule has 2 aromatic heterocycles. The first-order valence-electron chi connectivity index (χ1n) is 9.61. The highest BCUT2D eigenvalue weighted by molar-refractivity contribution is 7.98. The molecular weight excluding hydrogens is 471 g/mol. The highest BCUT2D eigenvalue weighted by atomic mass is 32.2. The fraction of sp³-hybridized carbons (Fsp3) is 0.182. The second-order valence-corrected chi connectivity index (χ2v) is 10.9. The number of thiazole rings is 1. The lowest BCUT2D eigenvalue weighted by atomic mass is 10.3. The standard InChI is InChI=1S/C22H19FN2O4S3/c1-30-17-6-9-19-20(13-17)31-22(24-19)25(14-16-3-2-11-29-16)21(26)10-12-32(27,28)18-7-4-15(23)5-8-18/h2-9,11,13H,10,12,14H2,1H3. The Labute approximate surface area is 193 Å². The van der Waals surface area contributed by atoms with E-state index in [0.29, 0.717) is 10.9 Å². The molecule has 166 valence electrons. The predicted molar refractivity (Wildman–Crippen MR) is 124 cm³/mol. The first-order valence-corrected chi connectivity index (χ1v) is 13.3. The van der Waals surface area contributed by atoms with Crippen LogP contribution in [0.5, 0.6) is 0 Å². The number of carbonyl (C=O) groups is 1. The van der Waals surface area contributed by atoms with E-state index in [-0.39, 0.29) is 17.9 Å². The minimum atomic E-state index is -3.74. The molecule has 2 aromatic carbocycles. The lowest BCUT2D eigenvalue weighted by molar-refractivity contribution is -0.118. The minimum absolute atomic E-state index is 0.0196. The lowest BCUT2D eigenvalue weighted by Gasteiger charge is -2.18. The number of sulfone groups is 1. The number of benzene rings is 2. The Hall–Kier alpha value is -2.69. The molecule has 0 radical (unpaired) electrons. The lowest BCUT2D eigenvalue weighted by Crippen LogP contribution is -2.31. The Kier molecular flexibility index (Phi) is 6.63. The number of aromatic nitrogens is 1. The van der Waals surface area contributed by atoms with E-state index in [9.17, 15) is 17.6 Å². The van der Waals surface area contributed by atoms with Crippen molar-refractivity contribution in [2.45, 2.75) is 22.8 Å². The average Bonchev–Trinajstić information content (AvgIpc) is 3.45. The highest BCUT2D eigenvalue weighted by Crippen LogP contribution is 2.33. The second kappa shape index (κ2) is 9.43. The third kappa shape index (κ3) is 5.03. The highest BCUT2D eigenvalue weighted by Gasteiger charge is 2.24.